The van der Waals surface area contributed by atoms with Crippen molar-refractivity contribution in [3.8, 4) is 0 Å². The largest absolute Gasteiger partial charge is 0.321 e. The molecule has 19 heavy (non-hydrogen) atoms. The zero-order valence-corrected chi connectivity index (χ0v) is 13.9. The fourth-order valence-corrected chi connectivity index (χ4v) is 2.76. The average Bonchev–Trinajstić information content (AvgIpc) is 2.36. The number of anilines is 1. The van der Waals surface area contributed by atoms with E-state index in [9.17, 15) is 4.79 Å². The summed E-state index contributed by atoms with van der Waals surface area (Å²) < 4.78 is 1.55. The van der Waals surface area contributed by atoms with Crippen LogP contribution in [0.5, 0.6) is 0 Å². The lowest BCUT2D eigenvalue weighted by atomic mass is 10.2. The Morgan fingerprint density at radius 2 is 1.84 bits per heavy atom. The number of hydrogen-bond donors (Lipinski definition) is 1. The Labute approximate surface area is 133 Å². The quantitative estimate of drug-likeness (QED) is 0.712. The van der Waals surface area contributed by atoms with Gasteiger partial charge in [-0.2, -0.15) is 0 Å². The van der Waals surface area contributed by atoms with Crippen LogP contribution in [-0.2, 0) is 0 Å². The minimum absolute atomic E-state index is 0.187. The van der Waals surface area contributed by atoms with E-state index in [4.69, 9.17) is 11.6 Å². The van der Waals surface area contributed by atoms with Crippen molar-refractivity contribution in [2.45, 2.75) is 6.92 Å². The number of nitrogens with one attached hydrogen (secondary N) is 1. The van der Waals surface area contributed by atoms with Crippen LogP contribution in [0.15, 0.2) is 45.3 Å². The standard InChI is InChI=1S/C14H10Br2ClNO/c1-8-6-11(16)13(7-12(8)17)18-14(19)9-4-2-3-5-10(9)15/h2-7H,1H3,(H,18,19). The maximum absolute atomic E-state index is 12.2. The minimum atomic E-state index is -0.187. The van der Waals surface area contributed by atoms with Gasteiger partial charge in [0.2, 0.25) is 0 Å². The molecule has 0 heterocycles. The lowest BCUT2D eigenvalue weighted by Crippen LogP contribution is -2.13. The van der Waals surface area contributed by atoms with Gasteiger partial charge in [0.15, 0.2) is 0 Å². The summed E-state index contributed by atoms with van der Waals surface area (Å²) in [4.78, 5) is 12.2. The lowest BCUT2D eigenvalue weighted by Gasteiger charge is -2.10. The van der Waals surface area contributed by atoms with E-state index in [1.54, 1.807) is 12.1 Å². The van der Waals surface area contributed by atoms with E-state index < -0.39 is 0 Å². The fraction of sp³-hybridized carbons (Fsp3) is 0.0714. The monoisotopic (exact) mass is 401 g/mol. The summed E-state index contributed by atoms with van der Waals surface area (Å²) in [5.74, 6) is -0.187. The van der Waals surface area contributed by atoms with Gasteiger partial charge < -0.3 is 5.32 Å². The molecule has 0 saturated carbocycles. The van der Waals surface area contributed by atoms with E-state index in [0.29, 0.717) is 16.3 Å². The van der Waals surface area contributed by atoms with Crippen LogP contribution in [0.3, 0.4) is 0 Å². The van der Waals surface area contributed by atoms with Crippen molar-refractivity contribution >= 4 is 55.1 Å². The van der Waals surface area contributed by atoms with Gasteiger partial charge in [0.1, 0.15) is 0 Å². The molecule has 0 bridgehead atoms. The van der Waals surface area contributed by atoms with Gasteiger partial charge in [0, 0.05) is 14.0 Å². The number of rotatable bonds is 2. The molecule has 2 nitrogen and oxygen atoms in total. The molecule has 0 aliphatic heterocycles. The third-order valence-corrected chi connectivity index (χ3v) is 4.37. The molecule has 0 atom stereocenters. The van der Waals surface area contributed by atoms with Crippen LogP contribution in [0, 0.1) is 6.92 Å². The predicted octanol–water partition coefficient (Wildman–Crippen LogP) is 5.43. The molecule has 0 unspecified atom stereocenters. The second kappa shape index (κ2) is 6.07. The highest BCUT2D eigenvalue weighted by atomic mass is 79.9. The number of halogens is 3. The van der Waals surface area contributed by atoms with E-state index >= 15 is 0 Å². The van der Waals surface area contributed by atoms with E-state index in [-0.39, 0.29) is 5.91 Å². The Kier molecular flexibility index (Phi) is 4.66. The van der Waals surface area contributed by atoms with Crippen LogP contribution < -0.4 is 5.32 Å². The number of hydrogen-bond acceptors (Lipinski definition) is 1. The van der Waals surface area contributed by atoms with Gasteiger partial charge in [-0.05, 0) is 68.6 Å². The summed E-state index contributed by atoms with van der Waals surface area (Å²) in [7, 11) is 0. The molecular weight excluding hydrogens is 393 g/mol. The van der Waals surface area contributed by atoms with Crippen LogP contribution in [0.2, 0.25) is 5.02 Å². The van der Waals surface area contributed by atoms with Crippen molar-refractivity contribution in [2.75, 3.05) is 5.32 Å². The zero-order chi connectivity index (χ0) is 14.0. The van der Waals surface area contributed by atoms with Crippen molar-refractivity contribution in [3.63, 3.8) is 0 Å². The van der Waals surface area contributed by atoms with E-state index in [2.05, 4.69) is 37.2 Å². The maximum atomic E-state index is 12.2. The fourth-order valence-electron chi connectivity index (χ4n) is 1.58. The van der Waals surface area contributed by atoms with Crippen LogP contribution >= 0.6 is 43.5 Å². The molecule has 0 aromatic heterocycles. The van der Waals surface area contributed by atoms with Crippen molar-refractivity contribution in [1.29, 1.82) is 0 Å². The highest BCUT2D eigenvalue weighted by Gasteiger charge is 2.12. The molecule has 0 spiro atoms. The Morgan fingerprint density at radius 1 is 1.16 bits per heavy atom. The van der Waals surface area contributed by atoms with Gasteiger partial charge in [-0.3, -0.25) is 4.79 Å². The molecule has 0 fully saturated rings. The highest BCUT2D eigenvalue weighted by Crippen LogP contribution is 2.30. The van der Waals surface area contributed by atoms with Crippen LogP contribution in [-0.4, -0.2) is 5.91 Å². The topological polar surface area (TPSA) is 29.1 Å². The minimum Gasteiger partial charge on any atom is -0.321 e. The SMILES string of the molecule is Cc1cc(Br)c(NC(=O)c2ccccc2Br)cc1Cl. The average molecular weight is 404 g/mol. The third-order valence-electron chi connectivity index (χ3n) is 2.61. The first-order chi connectivity index (χ1) is 8.99. The number of amides is 1. The molecule has 2 aromatic rings. The molecule has 5 heteroatoms. The molecule has 1 N–H and O–H groups in total. The summed E-state index contributed by atoms with van der Waals surface area (Å²) in [6.45, 7) is 1.91. The third kappa shape index (κ3) is 3.38. The summed E-state index contributed by atoms with van der Waals surface area (Å²) >= 11 is 12.8. The number of carbonyl (C=O) groups excluding carboxylic acids is 1. The maximum Gasteiger partial charge on any atom is 0.256 e. The summed E-state index contributed by atoms with van der Waals surface area (Å²) in [6.07, 6.45) is 0. The first kappa shape index (κ1) is 14.6. The van der Waals surface area contributed by atoms with Gasteiger partial charge in [0.05, 0.1) is 11.3 Å². The normalized spacial score (nSPS) is 10.3. The van der Waals surface area contributed by atoms with Gasteiger partial charge in [-0.15, -0.1) is 0 Å². The van der Waals surface area contributed by atoms with Gasteiger partial charge in [0.25, 0.3) is 5.91 Å². The van der Waals surface area contributed by atoms with Crippen molar-refractivity contribution in [1.82, 2.24) is 0 Å². The van der Waals surface area contributed by atoms with E-state index in [0.717, 1.165) is 14.5 Å². The first-order valence-electron chi connectivity index (χ1n) is 5.50. The summed E-state index contributed by atoms with van der Waals surface area (Å²) in [5.41, 5.74) is 2.18. The molecule has 0 saturated heterocycles. The van der Waals surface area contributed by atoms with Gasteiger partial charge in [-0.25, -0.2) is 0 Å². The van der Waals surface area contributed by atoms with Gasteiger partial charge in [-0.1, -0.05) is 23.7 Å². The molecule has 98 valence electrons. The number of carbonyl (C=O) groups is 1. The highest BCUT2D eigenvalue weighted by molar-refractivity contribution is 9.11. The zero-order valence-electron chi connectivity index (χ0n) is 10.0. The molecule has 2 aromatic carbocycles. The van der Waals surface area contributed by atoms with Crippen molar-refractivity contribution < 1.29 is 4.79 Å². The smallest absolute Gasteiger partial charge is 0.256 e. The molecular formula is C14H10Br2ClNO. The Hall–Kier alpha value is -0.840. The molecule has 2 rings (SSSR count). The Morgan fingerprint density at radius 3 is 2.53 bits per heavy atom. The second-order valence-electron chi connectivity index (χ2n) is 4.02. The lowest BCUT2D eigenvalue weighted by molar-refractivity contribution is 0.102. The number of aryl methyl sites for hydroxylation is 1. The predicted molar refractivity (Wildman–Crippen MR) is 86.0 cm³/mol. The van der Waals surface area contributed by atoms with E-state index in [1.165, 1.54) is 0 Å². The molecule has 1 amide bonds. The summed E-state index contributed by atoms with van der Waals surface area (Å²) in [6, 6.07) is 10.9. The molecule has 0 radical (unpaired) electrons. The first-order valence-corrected chi connectivity index (χ1v) is 7.47. The Bertz CT molecular complexity index is 643. The van der Waals surface area contributed by atoms with E-state index in [1.807, 2.05) is 31.2 Å². The van der Waals surface area contributed by atoms with Crippen LogP contribution in [0.1, 0.15) is 15.9 Å². The van der Waals surface area contributed by atoms with Crippen molar-refractivity contribution in [2.24, 2.45) is 0 Å². The van der Waals surface area contributed by atoms with Crippen molar-refractivity contribution in [3.05, 3.63) is 61.5 Å². The second-order valence-corrected chi connectivity index (χ2v) is 6.13. The Balaban J connectivity index is 2.30. The van der Waals surface area contributed by atoms with Crippen LogP contribution in [0.25, 0.3) is 0 Å². The molecule has 0 aliphatic carbocycles. The molecule has 0 aliphatic rings. The summed E-state index contributed by atoms with van der Waals surface area (Å²) in [5, 5.41) is 3.45. The van der Waals surface area contributed by atoms with Crippen LogP contribution in [0.4, 0.5) is 5.69 Å². The van der Waals surface area contributed by atoms with Gasteiger partial charge >= 0.3 is 0 Å². The number of benzene rings is 2.